The molecule has 3 N–H and O–H groups in total. The number of rotatable bonds is 3. The van der Waals surface area contributed by atoms with E-state index in [2.05, 4.69) is 4.98 Å². The maximum atomic E-state index is 13.4. The number of ketones is 1. The number of amides is 1. The van der Waals surface area contributed by atoms with E-state index >= 15 is 0 Å². The molecule has 162 valence electrons. The number of nitrogens with zero attached hydrogens (tertiary/aromatic N) is 1. The quantitative estimate of drug-likeness (QED) is 0.305. The van der Waals surface area contributed by atoms with Crippen molar-refractivity contribution in [1.82, 2.24) is 4.98 Å². The molecule has 1 atom stereocenters. The van der Waals surface area contributed by atoms with Crippen molar-refractivity contribution in [3.05, 3.63) is 59.3 Å². The minimum absolute atomic E-state index is 0.0395. The fourth-order valence-electron chi connectivity index (χ4n) is 4.33. The molecule has 1 aromatic heterocycles. The van der Waals surface area contributed by atoms with Gasteiger partial charge in [-0.3, -0.25) is 9.59 Å². The van der Waals surface area contributed by atoms with Crippen molar-refractivity contribution in [2.24, 2.45) is 0 Å². The number of benzene rings is 3. The van der Waals surface area contributed by atoms with Gasteiger partial charge in [-0.15, -0.1) is 11.6 Å². The average Bonchev–Trinajstić information content (AvgIpc) is 3.32. The molecular formula is C24H19ClN2O5. The largest absolute Gasteiger partial charge is 0.507 e. The molecule has 0 saturated heterocycles. The van der Waals surface area contributed by atoms with Crippen molar-refractivity contribution in [1.29, 1.82) is 0 Å². The molecule has 32 heavy (non-hydrogen) atoms. The molecule has 0 saturated carbocycles. The summed E-state index contributed by atoms with van der Waals surface area (Å²) in [5.74, 6) is -0.0948. The van der Waals surface area contributed by atoms with Crippen molar-refractivity contribution in [2.45, 2.75) is 12.3 Å². The molecule has 3 aromatic carbocycles. The Morgan fingerprint density at radius 2 is 1.88 bits per heavy atom. The van der Waals surface area contributed by atoms with Gasteiger partial charge < -0.3 is 24.8 Å². The van der Waals surface area contributed by atoms with E-state index in [1.54, 1.807) is 43.5 Å². The van der Waals surface area contributed by atoms with Crippen LogP contribution in [-0.2, 0) is 0 Å². The van der Waals surface area contributed by atoms with Crippen LogP contribution in [0.4, 0.5) is 5.69 Å². The van der Waals surface area contributed by atoms with E-state index < -0.39 is 5.38 Å². The van der Waals surface area contributed by atoms with Crippen LogP contribution in [-0.4, -0.2) is 40.5 Å². The van der Waals surface area contributed by atoms with Crippen molar-refractivity contribution in [3.8, 4) is 17.2 Å². The lowest BCUT2D eigenvalue weighted by Crippen LogP contribution is -2.29. The molecule has 0 bridgehead atoms. The number of ether oxygens (including phenoxy) is 1. The van der Waals surface area contributed by atoms with Crippen molar-refractivity contribution >= 4 is 50.7 Å². The molecule has 2 heterocycles. The summed E-state index contributed by atoms with van der Waals surface area (Å²) in [6, 6.07) is 11.5. The Morgan fingerprint density at radius 3 is 2.59 bits per heavy atom. The van der Waals surface area contributed by atoms with E-state index in [1.165, 1.54) is 17.9 Å². The normalized spacial score (nSPS) is 15.3. The Kier molecular flexibility index (Phi) is 4.53. The Morgan fingerprint density at radius 1 is 1.09 bits per heavy atom. The number of alkyl halides is 1. The summed E-state index contributed by atoms with van der Waals surface area (Å²) < 4.78 is 5.32. The molecule has 0 aliphatic carbocycles. The van der Waals surface area contributed by atoms with Crippen LogP contribution in [0.1, 0.15) is 38.7 Å². The minimum atomic E-state index is -0.470. The summed E-state index contributed by atoms with van der Waals surface area (Å²) in [5, 5.41) is 22.2. The van der Waals surface area contributed by atoms with Crippen molar-refractivity contribution < 1.29 is 24.5 Å². The summed E-state index contributed by atoms with van der Waals surface area (Å²) in [5.41, 5.74) is 2.28. The molecule has 4 aromatic rings. The Labute approximate surface area is 187 Å². The van der Waals surface area contributed by atoms with E-state index in [-0.39, 0.29) is 41.0 Å². The molecule has 0 spiro atoms. The highest BCUT2D eigenvalue weighted by molar-refractivity contribution is 6.25. The van der Waals surface area contributed by atoms with Gasteiger partial charge in [0, 0.05) is 40.5 Å². The number of carbonyl (C=O) groups is 2. The maximum Gasteiger partial charge on any atom is 0.274 e. The number of nitrogens with one attached hydrogen (secondary N) is 1. The number of hydrogen-bond donors (Lipinski definition) is 3. The zero-order valence-electron chi connectivity index (χ0n) is 17.3. The number of H-pyrrole nitrogens is 1. The molecule has 8 heteroatoms. The Hall–Kier alpha value is -3.71. The fraction of sp³-hybridized carbons (Fsp3) is 0.167. The molecule has 1 amide bonds. The first kappa shape index (κ1) is 20.2. The van der Waals surface area contributed by atoms with Gasteiger partial charge in [0.25, 0.3) is 5.91 Å². The summed E-state index contributed by atoms with van der Waals surface area (Å²) in [7, 11) is 1.56. The number of aromatic hydroxyl groups is 2. The number of anilines is 1. The second kappa shape index (κ2) is 7.17. The zero-order valence-corrected chi connectivity index (χ0v) is 18.0. The Bertz CT molecular complexity index is 1440. The third-order valence-corrected chi connectivity index (χ3v) is 6.24. The number of aromatic amines is 1. The lowest BCUT2D eigenvalue weighted by atomic mass is 10.0. The fourth-order valence-corrected chi connectivity index (χ4v) is 4.69. The van der Waals surface area contributed by atoms with Crippen LogP contribution in [0.15, 0.2) is 42.5 Å². The molecule has 5 rings (SSSR count). The first-order valence-electron chi connectivity index (χ1n) is 9.94. The van der Waals surface area contributed by atoms with E-state index in [0.29, 0.717) is 27.7 Å². The van der Waals surface area contributed by atoms with Crippen LogP contribution in [0.2, 0.25) is 0 Å². The van der Waals surface area contributed by atoms with Gasteiger partial charge in [0.2, 0.25) is 0 Å². The first-order valence-corrected chi connectivity index (χ1v) is 10.4. The van der Waals surface area contributed by atoms with E-state index in [9.17, 15) is 19.8 Å². The number of halogens is 1. The number of hydrogen-bond acceptors (Lipinski definition) is 5. The number of aromatic nitrogens is 1. The summed E-state index contributed by atoms with van der Waals surface area (Å²) in [4.78, 5) is 29.6. The van der Waals surface area contributed by atoms with Gasteiger partial charge in [-0.25, -0.2) is 0 Å². The maximum absolute atomic E-state index is 13.4. The van der Waals surface area contributed by atoms with Gasteiger partial charge in [0.15, 0.2) is 5.78 Å². The topological polar surface area (TPSA) is 103 Å². The van der Waals surface area contributed by atoms with E-state index in [4.69, 9.17) is 16.3 Å². The predicted molar refractivity (Wildman–Crippen MR) is 122 cm³/mol. The zero-order chi connectivity index (χ0) is 22.7. The number of fused-ring (bicyclic) bond motifs is 4. The molecule has 7 nitrogen and oxygen atoms in total. The minimum Gasteiger partial charge on any atom is -0.507 e. The van der Waals surface area contributed by atoms with Crippen molar-refractivity contribution in [2.75, 3.05) is 18.6 Å². The molecule has 1 aliphatic rings. The number of phenols is 2. The summed E-state index contributed by atoms with van der Waals surface area (Å²) in [6.07, 6.45) is 0. The third kappa shape index (κ3) is 2.97. The van der Waals surface area contributed by atoms with Crippen LogP contribution >= 0.6 is 11.6 Å². The van der Waals surface area contributed by atoms with Gasteiger partial charge in [-0.05, 0) is 42.6 Å². The van der Waals surface area contributed by atoms with Gasteiger partial charge >= 0.3 is 0 Å². The highest BCUT2D eigenvalue weighted by Crippen LogP contribution is 2.47. The summed E-state index contributed by atoms with van der Waals surface area (Å²) in [6.45, 7) is 1.60. The highest BCUT2D eigenvalue weighted by Gasteiger charge is 2.35. The second-order valence-electron chi connectivity index (χ2n) is 7.82. The summed E-state index contributed by atoms with van der Waals surface area (Å²) >= 11 is 6.65. The lowest BCUT2D eigenvalue weighted by molar-refractivity contribution is 0.0983. The molecule has 1 aliphatic heterocycles. The van der Waals surface area contributed by atoms with E-state index in [1.807, 2.05) is 0 Å². The Balaban J connectivity index is 1.62. The van der Waals surface area contributed by atoms with E-state index in [0.717, 1.165) is 10.9 Å². The number of Topliss-reactive ketones (excluding diaryl/α,β-unsaturated/α-hetero) is 1. The van der Waals surface area contributed by atoms with Gasteiger partial charge in [-0.2, -0.15) is 0 Å². The lowest BCUT2D eigenvalue weighted by Gasteiger charge is -2.17. The highest BCUT2D eigenvalue weighted by atomic mass is 35.5. The molecule has 0 unspecified atom stereocenters. The van der Waals surface area contributed by atoms with Crippen molar-refractivity contribution in [3.63, 3.8) is 0 Å². The number of methoxy groups -OCH3 is 1. The van der Waals surface area contributed by atoms with Gasteiger partial charge in [-0.1, -0.05) is 0 Å². The third-order valence-electron chi connectivity index (χ3n) is 5.88. The first-order chi connectivity index (χ1) is 15.3. The SMILES string of the molecule is COc1ccc2c(O)cc3c(c2c1)[C@H](Cl)CN3C(=O)c1cc2cc(C(C)=O)c(O)cc2[nH]1. The number of carbonyl (C=O) groups excluding carboxylic acids is 2. The van der Waals surface area contributed by atoms with Crippen LogP contribution in [0.5, 0.6) is 17.2 Å². The van der Waals surface area contributed by atoms with Crippen LogP contribution in [0.3, 0.4) is 0 Å². The monoisotopic (exact) mass is 450 g/mol. The molecule has 0 fully saturated rings. The molecule has 0 radical (unpaired) electrons. The van der Waals surface area contributed by atoms with Crippen LogP contribution in [0.25, 0.3) is 21.7 Å². The standard InChI is InChI=1S/C24H19ClN2O5/c1-11(28)15-5-12-6-19(26-18(12)8-21(15)29)24(31)27-10-17(25)23-16-7-13(32-2)3-4-14(16)22(30)9-20(23)27/h3-9,17,26,29-30H,10H2,1-2H3/t17-/m1/s1. The van der Waals surface area contributed by atoms with Crippen LogP contribution in [0, 0.1) is 0 Å². The number of phenolic OH excluding ortho intramolecular Hbond substituents is 2. The predicted octanol–water partition coefficient (Wildman–Crippen LogP) is 4.88. The second-order valence-corrected chi connectivity index (χ2v) is 8.35. The van der Waals surface area contributed by atoms with Gasteiger partial charge in [0.05, 0.1) is 23.7 Å². The average molecular weight is 451 g/mol. The smallest absolute Gasteiger partial charge is 0.274 e. The molecular weight excluding hydrogens is 432 g/mol. The van der Waals surface area contributed by atoms with Gasteiger partial charge in [0.1, 0.15) is 22.9 Å². The van der Waals surface area contributed by atoms with Crippen LogP contribution < -0.4 is 9.64 Å².